The van der Waals surface area contributed by atoms with Crippen LogP contribution in [0, 0.1) is 25.2 Å². The Hall–Kier alpha value is -3.72. The summed E-state index contributed by atoms with van der Waals surface area (Å²) in [6.45, 7) is 3.13. The molecule has 3 aromatic rings. The van der Waals surface area contributed by atoms with Crippen LogP contribution in [0.1, 0.15) is 27.9 Å². The summed E-state index contributed by atoms with van der Waals surface area (Å²) in [6.07, 6.45) is 0.678. The van der Waals surface area contributed by atoms with Crippen LogP contribution in [0.5, 0.6) is 0 Å². The van der Waals surface area contributed by atoms with Crippen LogP contribution in [0.2, 0.25) is 0 Å². The summed E-state index contributed by atoms with van der Waals surface area (Å²) < 4.78 is 1.04. The van der Waals surface area contributed by atoms with E-state index in [0.717, 1.165) is 15.8 Å². The van der Waals surface area contributed by atoms with Gasteiger partial charge < -0.3 is 5.32 Å². The van der Waals surface area contributed by atoms with E-state index in [2.05, 4.69) is 10.4 Å². The molecule has 0 radical (unpaired) electrons. The van der Waals surface area contributed by atoms with Gasteiger partial charge in [-0.15, -0.1) is 0 Å². The van der Waals surface area contributed by atoms with Crippen molar-refractivity contribution in [3.05, 3.63) is 92.9 Å². The largest absolute Gasteiger partial charge is 0.324 e. The Balaban J connectivity index is 1.81. The summed E-state index contributed by atoms with van der Waals surface area (Å²) in [4.78, 5) is 24.9. The van der Waals surface area contributed by atoms with Gasteiger partial charge in [-0.1, -0.05) is 48.5 Å². The second-order valence-electron chi connectivity index (χ2n) is 6.53. The molecule has 0 atom stereocenters. The molecule has 0 aliphatic rings. The predicted molar refractivity (Wildman–Crippen MR) is 107 cm³/mol. The van der Waals surface area contributed by atoms with Crippen LogP contribution < -0.4 is 10.9 Å². The van der Waals surface area contributed by atoms with Crippen LogP contribution in [0.25, 0.3) is 0 Å². The van der Waals surface area contributed by atoms with Crippen LogP contribution in [0.15, 0.2) is 59.4 Å². The average molecular weight is 372 g/mol. The number of nitriles is 1. The molecule has 0 fully saturated rings. The van der Waals surface area contributed by atoms with Gasteiger partial charge in [0, 0.05) is 5.69 Å². The van der Waals surface area contributed by atoms with Crippen molar-refractivity contribution in [2.45, 2.75) is 26.8 Å². The van der Waals surface area contributed by atoms with Gasteiger partial charge in [-0.25, -0.2) is 4.68 Å². The molecule has 0 spiro atoms. The highest BCUT2D eigenvalue weighted by molar-refractivity contribution is 5.91. The molecule has 0 saturated heterocycles. The molecule has 3 rings (SSSR count). The van der Waals surface area contributed by atoms with Crippen LogP contribution >= 0.6 is 0 Å². The number of nitrogens with one attached hydrogen (secondary N) is 1. The first-order valence-electron chi connectivity index (χ1n) is 8.89. The number of rotatable bonds is 5. The lowest BCUT2D eigenvalue weighted by atomic mass is 10.0. The quantitative estimate of drug-likeness (QED) is 0.746. The number of para-hydroxylation sites is 1. The van der Waals surface area contributed by atoms with Gasteiger partial charge >= 0.3 is 0 Å². The molecule has 28 heavy (non-hydrogen) atoms. The summed E-state index contributed by atoms with van der Waals surface area (Å²) in [5, 5.41) is 16.2. The standard InChI is InChI=1S/C22H20N4O2/c1-15-16(2)25-26(22(28)19(15)13-23)14-21(27)24-20-11-7-6-10-18(20)12-17-8-4-3-5-9-17/h3-11H,12,14H2,1-2H3,(H,24,27). The van der Waals surface area contributed by atoms with Gasteiger partial charge in [0.2, 0.25) is 5.91 Å². The highest BCUT2D eigenvalue weighted by atomic mass is 16.2. The lowest BCUT2D eigenvalue weighted by molar-refractivity contribution is -0.117. The highest BCUT2D eigenvalue weighted by Crippen LogP contribution is 2.19. The second kappa shape index (κ2) is 8.31. The summed E-state index contributed by atoms with van der Waals surface area (Å²) in [7, 11) is 0. The van der Waals surface area contributed by atoms with E-state index in [-0.39, 0.29) is 18.0 Å². The van der Waals surface area contributed by atoms with Crippen molar-refractivity contribution in [1.82, 2.24) is 9.78 Å². The van der Waals surface area contributed by atoms with E-state index in [1.54, 1.807) is 13.8 Å². The molecule has 1 heterocycles. The smallest absolute Gasteiger partial charge is 0.285 e. The number of nitrogens with zero attached hydrogens (tertiary/aromatic N) is 3. The lowest BCUT2D eigenvalue weighted by Gasteiger charge is -2.13. The van der Waals surface area contributed by atoms with Crippen molar-refractivity contribution in [1.29, 1.82) is 5.26 Å². The van der Waals surface area contributed by atoms with E-state index >= 15 is 0 Å². The molecule has 0 aliphatic heterocycles. The van der Waals surface area contributed by atoms with Crippen molar-refractivity contribution in [3.8, 4) is 6.07 Å². The number of hydrogen-bond donors (Lipinski definition) is 1. The molecule has 0 bridgehead atoms. The molecule has 140 valence electrons. The Morgan fingerprint density at radius 2 is 1.79 bits per heavy atom. The Morgan fingerprint density at radius 3 is 2.50 bits per heavy atom. The normalized spacial score (nSPS) is 10.3. The van der Waals surface area contributed by atoms with Gasteiger partial charge in [0.05, 0.1) is 5.69 Å². The number of amides is 1. The third kappa shape index (κ3) is 4.15. The van der Waals surface area contributed by atoms with Crippen molar-refractivity contribution < 1.29 is 4.79 Å². The Morgan fingerprint density at radius 1 is 1.11 bits per heavy atom. The maximum Gasteiger partial charge on any atom is 0.285 e. The molecule has 1 aromatic heterocycles. The van der Waals surface area contributed by atoms with Gasteiger partial charge in [0.1, 0.15) is 18.2 Å². The van der Waals surface area contributed by atoms with Gasteiger partial charge in [-0.2, -0.15) is 10.4 Å². The van der Waals surface area contributed by atoms with E-state index in [0.29, 0.717) is 23.4 Å². The van der Waals surface area contributed by atoms with Crippen LogP contribution in [0.4, 0.5) is 5.69 Å². The van der Waals surface area contributed by atoms with Crippen LogP contribution in [-0.2, 0) is 17.8 Å². The van der Waals surface area contributed by atoms with E-state index in [4.69, 9.17) is 0 Å². The topological polar surface area (TPSA) is 87.8 Å². The molecular formula is C22H20N4O2. The van der Waals surface area contributed by atoms with Crippen molar-refractivity contribution >= 4 is 11.6 Å². The minimum Gasteiger partial charge on any atom is -0.324 e. The second-order valence-corrected chi connectivity index (χ2v) is 6.53. The van der Waals surface area contributed by atoms with E-state index in [1.807, 2.05) is 60.7 Å². The number of hydrogen-bond acceptors (Lipinski definition) is 4. The number of carbonyl (C=O) groups excluding carboxylic acids is 1. The zero-order valence-electron chi connectivity index (χ0n) is 15.8. The molecule has 1 amide bonds. The minimum absolute atomic E-state index is 0.0183. The van der Waals surface area contributed by atoms with Crippen molar-refractivity contribution in [3.63, 3.8) is 0 Å². The maximum atomic E-state index is 12.5. The Kier molecular flexibility index (Phi) is 5.66. The van der Waals surface area contributed by atoms with Gasteiger partial charge in [0.15, 0.2) is 0 Å². The molecule has 0 saturated carbocycles. The first-order chi connectivity index (χ1) is 13.5. The fourth-order valence-corrected chi connectivity index (χ4v) is 2.95. The van der Waals surface area contributed by atoms with E-state index < -0.39 is 5.56 Å². The van der Waals surface area contributed by atoms with E-state index in [1.165, 1.54) is 0 Å². The first kappa shape index (κ1) is 19.1. The average Bonchev–Trinajstić information content (AvgIpc) is 2.69. The number of aromatic nitrogens is 2. The molecule has 6 heteroatoms. The Labute approximate surface area is 163 Å². The molecular weight excluding hydrogens is 352 g/mol. The molecule has 1 N–H and O–H groups in total. The zero-order chi connectivity index (χ0) is 20.1. The molecule has 2 aromatic carbocycles. The molecule has 0 aliphatic carbocycles. The number of benzene rings is 2. The number of carbonyl (C=O) groups is 1. The van der Waals surface area contributed by atoms with Gasteiger partial charge in [0.25, 0.3) is 5.56 Å². The molecule has 0 unspecified atom stereocenters. The van der Waals surface area contributed by atoms with Crippen molar-refractivity contribution in [2.24, 2.45) is 0 Å². The number of aryl methyl sites for hydroxylation is 1. The summed E-state index contributed by atoms with van der Waals surface area (Å²) in [5.41, 5.74) is 3.35. The summed E-state index contributed by atoms with van der Waals surface area (Å²) in [5.74, 6) is -0.373. The van der Waals surface area contributed by atoms with Crippen molar-refractivity contribution in [2.75, 3.05) is 5.32 Å². The summed E-state index contributed by atoms with van der Waals surface area (Å²) in [6, 6.07) is 19.4. The summed E-state index contributed by atoms with van der Waals surface area (Å²) >= 11 is 0. The molecule has 6 nitrogen and oxygen atoms in total. The third-order valence-electron chi connectivity index (χ3n) is 4.57. The van der Waals surface area contributed by atoms with Gasteiger partial charge in [-0.3, -0.25) is 9.59 Å². The first-order valence-corrected chi connectivity index (χ1v) is 8.89. The number of anilines is 1. The maximum absolute atomic E-state index is 12.5. The predicted octanol–water partition coefficient (Wildman–Crippen LogP) is 2.96. The van der Waals surface area contributed by atoms with E-state index in [9.17, 15) is 14.9 Å². The third-order valence-corrected chi connectivity index (χ3v) is 4.57. The highest BCUT2D eigenvalue weighted by Gasteiger charge is 2.14. The van der Waals surface area contributed by atoms with Crippen LogP contribution in [-0.4, -0.2) is 15.7 Å². The SMILES string of the molecule is Cc1nn(CC(=O)Nc2ccccc2Cc2ccccc2)c(=O)c(C#N)c1C. The van der Waals surface area contributed by atoms with Crippen LogP contribution in [0.3, 0.4) is 0 Å². The lowest BCUT2D eigenvalue weighted by Crippen LogP contribution is -2.32. The fraction of sp³-hybridized carbons (Fsp3) is 0.182. The Bertz CT molecular complexity index is 1110. The zero-order valence-corrected chi connectivity index (χ0v) is 15.8. The minimum atomic E-state index is -0.557. The monoisotopic (exact) mass is 372 g/mol. The fourth-order valence-electron chi connectivity index (χ4n) is 2.95. The van der Waals surface area contributed by atoms with Gasteiger partial charge in [-0.05, 0) is 43.0 Å².